The zero-order chi connectivity index (χ0) is 27.1. The fourth-order valence-electron chi connectivity index (χ4n) is 5.42. The molecule has 2 aromatic carbocycles. The van der Waals surface area contributed by atoms with Crippen LogP contribution in [0.5, 0.6) is 0 Å². The molecule has 2 saturated heterocycles. The minimum absolute atomic E-state index is 0.0837. The first-order chi connectivity index (χ1) is 17.3. The van der Waals surface area contributed by atoms with Gasteiger partial charge in [-0.2, -0.15) is 26.3 Å². The van der Waals surface area contributed by atoms with Gasteiger partial charge in [-0.05, 0) is 67.8 Å². The Hall–Kier alpha value is -2.66. The van der Waals surface area contributed by atoms with Crippen molar-refractivity contribution in [3.8, 4) is 0 Å². The highest BCUT2D eigenvalue weighted by atomic mass is 19.4. The smallest absolute Gasteiger partial charge is 0.416 e. The Bertz CT molecular complexity index is 1080. The highest BCUT2D eigenvalue weighted by molar-refractivity contribution is 5.72. The molecule has 2 heterocycles. The van der Waals surface area contributed by atoms with Gasteiger partial charge >= 0.3 is 18.3 Å². The van der Waals surface area contributed by atoms with Crippen molar-refractivity contribution in [1.29, 1.82) is 0 Å². The first kappa shape index (κ1) is 27.4. The van der Waals surface area contributed by atoms with Gasteiger partial charge in [0, 0.05) is 18.5 Å². The SMILES string of the molecule is COC(=O)C1CCN2C[C@H](O[C@H](C)c3cc(C(F)(F)F)cc(C(F)(F)F)c3)C(c3ccc(F)cc3)C2C1. The Labute approximate surface area is 209 Å². The highest BCUT2D eigenvalue weighted by Crippen LogP contribution is 2.44. The van der Waals surface area contributed by atoms with Crippen LogP contribution in [0, 0.1) is 11.7 Å². The summed E-state index contributed by atoms with van der Waals surface area (Å²) in [6, 6.07) is 6.94. The molecule has 4 nitrogen and oxygen atoms in total. The Morgan fingerprint density at radius 2 is 1.59 bits per heavy atom. The van der Waals surface area contributed by atoms with Crippen molar-refractivity contribution in [3.63, 3.8) is 0 Å². The maximum absolute atomic E-state index is 13.6. The summed E-state index contributed by atoms with van der Waals surface area (Å²) >= 11 is 0. The van der Waals surface area contributed by atoms with Crippen LogP contribution in [-0.2, 0) is 26.6 Å². The van der Waals surface area contributed by atoms with E-state index in [1.165, 1.54) is 26.2 Å². The largest absolute Gasteiger partial charge is 0.469 e. The number of methoxy groups -OCH3 is 1. The number of fused-ring (bicyclic) bond motifs is 1. The number of piperidine rings is 1. The third-order valence-electron chi connectivity index (χ3n) is 7.24. The lowest BCUT2D eigenvalue weighted by atomic mass is 9.82. The molecule has 2 aliphatic rings. The van der Waals surface area contributed by atoms with Gasteiger partial charge in [0.25, 0.3) is 0 Å². The Kier molecular flexibility index (Phi) is 7.58. The Morgan fingerprint density at radius 1 is 1.00 bits per heavy atom. The van der Waals surface area contributed by atoms with Crippen molar-refractivity contribution >= 4 is 5.97 Å². The first-order valence-corrected chi connectivity index (χ1v) is 11.8. The Morgan fingerprint density at radius 3 is 2.14 bits per heavy atom. The van der Waals surface area contributed by atoms with Crippen LogP contribution in [0.15, 0.2) is 42.5 Å². The van der Waals surface area contributed by atoms with Gasteiger partial charge in [0.1, 0.15) is 5.82 Å². The molecule has 0 aliphatic carbocycles. The molecular formula is C26H26F7NO3. The molecule has 4 rings (SSSR count). The van der Waals surface area contributed by atoms with E-state index < -0.39 is 41.5 Å². The van der Waals surface area contributed by atoms with Gasteiger partial charge in [-0.15, -0.1) is 0 Å². The maximum Gasteiger partial charge on any atom is 0.416 e. The van der Waals surface area contributed by atoms with Gasteiger partial charge in [-0.25, -0.2) is 4.39 Å². The molecular weight excluding hydrogens is 507 g/mol. The van der Waals surface area contributed by atoms with Crippen molar-refractivity contribution in [2.75, 3.05) is 20.2 Å². The van der Waals surface area contributed by atoms with Crippen molar-refractivity contribution < 1.29 is 45.0 Å². The molecule has 0 spiro atoms. The van der Waals surface area contributed by atoms with E-state index in [2.05, 4.69) is 4.90 Å². The molecule has 11 heteroatoms. The van der Waals surface area contributed by atoms with Crippen molar-refractivity contribution in [1.82, 2.24) is 4.90 Å². The third kappa shape index (κ3) is 5.93. The van der Waals surface area contributed by atoms with Gasteiger partial charge in [-0.1, -0.05) is 12.1 Å². The first-order valence-electron chi connectivity index (χ1n) is 11.8. The number of hydrogen-bond donors (Lipinski definition) is 0. The van der Waals surface area contributed by atoms with Crippen LogP contribution in [0.3, 0.4) is 0 Å². The fourth-order valence-corrected chi connectivity index (χ4v) is 5.42. The molecule has 0 saturated carbocycles. The third-order valence-corrected chi connectivity index (χ3v) is 7.24. The zero-order valence-electron chi connectivity index (χ0n) is 20.1. The number of benzene rings is 2. The minimum atomic E-state index is -4.97. The lowest BCUT2D eigenvalue weighted by Gasteiger charge is -2.36. The van der Waals surface area contributed by atoms with Gasteiger partial charge < -0.3 is 9.47 Å². The number of rotatable bonds is 5. The standard InChI is InChI=1S/C26H26F7NO3/c1-14(17-9-18(25(28,29)30)12-19(10-17)26(31,32)33)37-22-13-34-8-7-16(24(35)36-2)11-21(34)23(22)15-3-5-20(27)6-4-15/h3-6,9-10,12,14,16,21-23H,7-8,11,13H2,1-2H3/t14-,16?,21?,22+,23?/m1/s1. The van der Waals surface area contributed by atoms with Gasteiger partial charge in [0.2, 0.25) is 0 Å². The quantitative estimate of drug-likeness (QED) is 0.331. The van der Waals surface area contributed by atoms with Crippen molar-refractivity contribution in [2.45, 2.75) is 56.3 Å². The van der Waals surface area contributed by atoms with Crippen molar-refractivity contribution in [2.24, 2.45) is 5.92 Å². The van der Waals surface area contributed by atoms with Gasteiger partial charge in [-0.3, -0.25) is 9.69 Å². The normalized spacial score (nSPS) is 25.5. The molecule has 37 heavy (non-hydrogen) atoms. The number of halogens is 7. The summed E-state index contributed by atoms with van der Waals surface area (Å²) < 4.78 is 105. The summed E-state index contributed by atoms with van der Waals surface area (Å²) in [7, 11) is 1.30. The van der Waals surface area contributed by atoms with E-state index in [4.69, 9.17) is 9.47 Å². The summed E-state index contributed by atoms with van der Waals surface area (Å²) in [5.41, 5.74) is -2.37. The van der Waals surface area contributed by atoms with E-state index in [-0.39, 0.29) is 35.5 Å². The number of hydrogen-bond acceptors (Lipinski definition) is 4. The summed E-state index contributed by atoms with van der Waals surface area (Å²) in [6.45, 7) is 2.31. The molecule has 202 valence electrons. The maximum atomic E-state index is 13.6. The number of alkyl halides is 6. The van der Waals surface area contributed by atoms with E-state index in [1.54, 1.807) is 12.1 Å². The van der Waals surface area contributed by atoms with Crippen LogP contribution in [0.25, 0.3) is 0 Å². The van der Waals surface area contributed by atoms with Crippen LogP contribution in [-0.4, -0.2) is 43.2 Å². The molecule has 2 aliphatic heterocycles. The molecule has 2 aromatic rings. The molecule has 0 radical (unpaired) electrons. The van der Waals surface area contributed by atoms with E-state index in [0.717, 1.165) is 0 Å². The summed E-state index contributed by atoms with van der Waals surface area (Å²) in [5, 5.41) is 0. The molecule has 5 atom stereocenters. The molecule has 2 fully saturated rings. The highest BCUT2D eigenvalue weighted by Gasteiger charge is 2.48. The van der Waals surface area contributed by atoms with E-state index in [1.807, 2.05) is 0 Å². The molecule has 0 aromatic heterocycles. The fraction of sp³-hybridized carbons (Fsp3) is 0.500. The number of carbonyl (C=O) groups excluding carboxylic acids is 1. The second-order valence-electron chi connectivity index (χ2n) is 9.54. The summed E-state index contributed by atoms with van der Waals surface area (Å²) in [4.78, 5) is 14.3. The minimum Gasteiger partial charge on any atom is -0.469 e. The van der Waals surface area contributed by atoms with Gasteiger partial charge in [0.15, 0.2) is 0 Å². The van der Waals surface area contributed by atoms with Crippen LogP contribution in [0.2, 0.25) is 0 Å². The molecule has 0 amide bonds. The van der Waals surface area contributed by atoms with E-state index in [0.29, 0.717) is 43.6 Å². The topological polar surface area (TPSA) is 38.8 Å². The molecule has 0 N–H and O–H groups in total. The van der Waals surface area contributed by atoms with Crippen LogP contribution >= 0.6 is 0 Å². The number of ether oxygens (including phenoxy) is 2. The van der Waals surface area contributed by atoms with Crippen LogP contribution in [0.1, 0.15) is 54.0 Å². The van der Waals surface area contributed by atoms with Crippen molar-refractivity contribution in [3.05, 3.63) is 70.5 Å². The lowest BCUT2D eigenvalue weighted by Crippen LogP contribution is -2.42. The number of esters is 1. The monoisotopic (exact) mass is 533 g/mol. The van der Waals surface area contributed by atoms with Crippen LogP contribution < -0.4 is 0 Å². The van der Waals surface area contributed by atoms with E-state index in [9.17, 15) is 35.5 Å². The van der Waals surface area contributed by atoms with Gasteiger partial charge in [0.05, 0.1) is 36.4 Å². The second kappa shape index (κ2) is 10.2. The average Bonchev–Trinajstić information content (AvgIpc) is 3.19. The van der Waals surface area contributed by atoms with E-state index >= 15 is 0 Å². The molecule has 0 bridgehead atoms. The lowest BCUT2D eigenvalue weighted by molar-refractivity contribution is -0.148. The summed E-state index contributed by atoms with van der Waals surface area (Å²) in [5.74, 6) is -1.55. The number of carbonyl (C=O) groups is 1. The second-order valence-corrected chi connectivity index (χ2v) is 9.54. The predicted octanol–water partition coefficient (Wildman–Crippen LogP) is 6.36. The Balaban J connectivity index is 1.66. The predicted molar refractivity (Wildman–Crippen MR) is 119 cm³/mol. The van der Waals surface area contributed by atoms with Crippen LogP contribution in [0.4, 0.5) is 30.7 Å². The zero-order valence-corrected chi connectivity index (χ0v) is 20.1. The summed E-state index contributed by atoms with van der Waals surface area (Å²) in [6.07, 6.45) is -10.7. The average molecular weight is 533 g/mol. The number of nitrogens with zero attached hydrogens (tertiary/aromatic N) is 1. The molecule has 3 unspecified atom stereocenters.